The molecule has 1 amide bonds. The minimum atomic E-state index is -0.438. The zero-order chi connectivity index (χ0) is 16.0. The normalized spacial score (nSPS) is 13.3. The molecule has 3 N–H and O–H groups in total. The molecule has 1 aromatic carbocycles. The predicted octanol–water partition coefficient (Wildman–Crippen LogP) is 3.75. The maximum atomic E-state index is 12.5. The molecule has 21 heavy (non-hydrogen) atoms. The molecule has 3 heteroatoms. The number of carbonyl (C=O) groups excluding carboxylic acids is 1. The molecule has 1 atom stereocenters. The van der Waals surface area contributed by atoms with Crippen LogP contribution in [0.3, 0.4) is 0 Å². The van der Waals surface area contributed by atoms with Crippen LogP contribution in [0.2, 0.25) is 0 Å². The van der Waals surface area contributed by atoms with E-state index in [0.29, 0.717) is 12.5 Å². The second kappa shape index (κ2) is 7.60. The van der Waals surface area contributed by atoms with Crippen molar-refractivity contribution in [1.29, 1.82) is 0 Å². The number of amides is 1. The predicted molar refractivity (Wildman–Crippen MR) is 89.2 cm³/mol. The number of hydrogen-bond acceptors (Lipinski definition) is 2. The molecule has 0 aliphatic rings. The highest BCUT2D eigenvalue weighted by Gasteiger charge is 2.33. The highest BCUT2D eigenvalue weighted by molar-refractivity contribution is 5.83. The molecular formula is C18H30N2O. The lowest BCUT2D eigenvalue weighted by Crippen LogP contribution is -2.46. The summed E-state index contributed by atoms with van der Waals surface area (Å²) in [5, 5.41) is 3.12. The van der Waals surface area contributed by atoms with Crippen molar-refractivity contribution in [1.82, 2.24) is 5.32 Å². The first-order chi connectivity index (χ1) is 9.90. The number of nitrogens with one attached hydrogen (secondary N) is 1. The summed E-state index contributed by atoms with van der Waals surface area (Å²) in [6, 6.07) is 8.48. The molecule has 0 aliphatic carbocycles. The molecule has 0 fully saturated rings. The average Bonchev–Trinajstić information content (AvgIpc) is 2.49. The van der Waals surface area contributed by atoms with Gasteiger partial charge in [0.1, 0.15) is 0 Å². The highest BCUT2D eigenvalue weighted by atomic mass is 16.2. The highest BCUT2D eigenvalue weighted by Crippen LogP contribution is 2.27. The van der Waals surface area contributed by atoms with Crippen molar-refractivity contribution in [3.63, 3.8) is 0 Å². The Labute approximate surface area is 129 Å². The summed E-state index contributed by atoms with van der Waals surface area (Å²) in [5.41, 5.74) is 7.84. The third-order valence-corrected chi connectivity index (χ3v) is 4.68. The topological polar surface area (TPSA) is 55.1 Å². The van der Waals surface area contributed by atoms with Crippen LogP contribution in [0.1, 0.15) is 70.5 Å². The second-order valence-corrected chi connectivity index (χ2v) is 6.21. The summed E-state index contributed by atoms with van der Waals surface area (Å²) in [5.74, 6) is 0.587. The lowest BCUT2D eigenvalue weighted by Gasteiger charge is -2.30. The van der Waals surface area contributed by atoms with Gasteiger partial charge in [0.25, 0.3) is 0 Å². The summed E-state index contributed by atoms with van der Waals surface area (Å²) in [6.45, 7) is 10.8. The standard InChI is InChI=1S/C18H30N2O/c1-6-18(7-2,12-19)17(21)20-14(5)16-10-8-15(9-11-16)13(3)4/h8-11,13-14H,6-7,12,19H2,1-5H3,(H,20,21). The van der Waals surface area contributed by atoms with Crippen LogP contribution >= 0.6 is 0 Å². The van der Waals surface area contributed by atoms with Crippen LogP contribution in [0, 0.1) is 5.41 Å². The van der Waals surface area contributed by atoms with E-state index in [2.05, 4.69) is 43.4 Å². The molecule has 0 aromatic heterocycles. The van der Waals surface area contributed by atoms with Gasteiger partial charge in [-0.3, -0.25) is 4.79 Å². The van der Waals surface area contributed by atoms with E-state index in [1.807, 2.05) is 20.8 Å². The summed E-state index contributed by atoms with van der Waals surface area (Å²) in [4.78, 5) is 12.5. The van der Waals surface area contributed by atoms with Gasteiger partial charge in [0.2, 0.25) is 5.91 Å². The maximum Gasteiger partial charge on any atom is 0.227 e. The summed E-state index contributed by atoms with van der Waals surface area (Å²) >= 11 is 0. The van der Waals surface area contributed by atoms with E-state index in [0.717, 1.165) is 18.4 Å². The van der Waals surface area contributed by atoms with Crippen molar-refractivity contribution < 1.29 is 4.79 Å². The lowest BCUT2D eigenvalue weighted by atomic mass is 9.81. The Kier molecular flexibility index (Phi) is 6.41. The Bertz CT molecular complexity index is 439. The van der Waals surface area contributed by atoms with E-state index in [1.54, 1.807) is 0 Å². The Balaban J connectivity index is 2.80. The molecule has 1 unspecified atom stereocenters. The second-order valence-electron chi connectivity index (χ2n) is 6.21. The van der Waals surface area contributed by atoms with Crippen LogP contribution in [0.25, 0.3) is 0 Å². The average molecular weight is 290 g/mol. The molecule has 0 heterocycles. The van der Waals surface area contributed by atoms with Crippen LogP contribution < -0.4 is 11.1 Å². The molecule has 3 nitrogen and oxygen atoms in total. The number of benzene rings is 1. The fourth-order valence-electron chi connectivity index (χ4n) is 2.56. The van der Waals surface area contributed by atoms with E-state index in [-0.39, 0.29) is 11.9 Å². The van der Waals surface area contributed by atoms with Gasteiger partial charge >= 0.3 is 0 Å². The fraction of sp³-hybridized carbons (Fsp3) is 0.611. The van der Waals surface area contributed by atoms with Crippen molar-refractivity contribution >= 4 is 5.91 Å². The summed E-state index contributed by atoms with van der Waals surface area (Å²) in [7, 11) is 0. The molecule has 1 aromatic rings. The van der Waals surface area contributed by atoms with Crippen molar-refractivity contribution in [3.8, 4) is 0 Å². The Hall–Kier alpha value is -1.35. The van der Waals surface area contributed by atoms with E-state index in [4.69, 9.17) is 5.73 Å². The molecule has 118 valence electrons. The first-order valence-electron chi connectivity index (χ1n) is 8.01. The molecule has 0 saturated carbocycles. The maximum absolute atomic E-state index is 12.5. The molecular weight excluding hydrogens is 260 g/mol. The quantitative estimate of drug-likeness (QED) is 0.803. The monoisotopic (exact) mass is 290 g/mol. The SMILES string of the molecule is CCC(CC)(CN)C(=O)NC(C)c1ccc(C(C)C)cc1. The Morgan fingerprint density at radius 2 is 1.57 bits per heavy atom. The van der Waals surface area contributed by atoms with Crippen molar-refractivity contribution in [2.24, 2.45) is 11.1 Å². The van der Waals surface area contributed by atoms with Crippen LogP contribution in [0.4, 0.5) is 0 Å². The van der Waals surface area contributed by atoms with Crippen LogP contribution in [0.15, 0.2) is 24.3 Å². The number of rotatable bonds is 7. The molecule has 0 spiro atoms. The zero-order valence-corrected chi connectivity index (χ0v) is 14.1. The summed E-state index contributed by atoms with van der Waals surface area (Å²) in [6.07, 6.45) is 1.54. The molecule has 0 saturated heterocycles. The minimum absolute atomic E-state index is 0.00253. The smallest absolute Gasteiger partial charge is 0.227 e. The van der Waals surface area contributed by atoms with Crippen LogP contribution in [-0.4, -0.2) is 12.5 Å². The van der Waals surface area contributed by atoms with Crippen molar-refractivity contribution in [2.45, 2.75) is 59.4 Å². The fourth-order valence-corrected chi connectivity index (χ4v) is 2.56. The van der Waals surface area contributed by atoms with Gasteiger partial charge in [-0.05, 0) is 36.8 Å². The van der Waals surface area contributed by atoms with Crippen LogP contribution in [-0.2, 0) is 4.79 Å². The van der Waals surface area contributed by atoms with Crippen LogP contribution in [0.5, 0.6) is 0 Å². The van der Waals surface area contributed by atoms with Gasteiger partial charge in [-0.2, -0.15) is 0 Å². The van der Waals surface area contributed by atoms with Gasteiger partial charge in [-0.1, -0.05) is 52.0 Å². The largest absolute Gasteiger partial charge is 0.349 e. The molecule has 0 radical (unpaired) electrons. The van der Waals surface area contributed by atoms with Gasteiger partial charge < -0.3 is 11.1 Å². The van der Waals surface area contributed by atoms with Gasteiger partial charge in [0.05, 0.1) is 11.5 Å². The van der Waals surface area contributed by atoms with Gasteiger partial charge in [0.15, 0.2) is 0 Å². The first kappa shape index (κ1) is 17.7. The number of hydrogen-bond donors (Lipinski definition) is 2. The Morgan fingerprint density at radius 3 is 1.95 bits per heavy atom. The Morgan fingerprint density at radius 1 is 1.10 bits per heavy atom. The van der Waals surface area contributed by atoms with Gasteiger partial charge in [0, 0.05) is 6.54 Å². The third-order valence-electron chi connectivity index (χ3n) is 4.68. The first-order valence-corrected chi connectivity index (χ1v) is 8.01. The number of nitrogens with two attached hydrogens (primary N) is 1. The van der Waals surface area contributed by atoms with Crippen molar-refractivity contribution in [2.75, 3.05) is 6.54 Å². The molecule has 1 rings (SSSR count). The molecule has 0 bridgehead atoms. The van der Waals surface area contributed by atoms with Gasteiger partial charge in [-0.25, -0.2) is 0 Å². The third kappa shape index (κ3) is 4.07. The minimum Gasteiger partial charge on any atom is -0.349 e. The van der Waals surface area contributed by atoms with E-state index in [9.17, 15) is 4.79 Å². The van der Waals surface area contributed by atoms with E-state index >= 15 is 0 Å². The van der Waals surface area contributed by atoms with E-state index in [1.165, 1.54) is 5.56 Å². The zero-order valence-electron chi connectivity index (χ0n) is 14.1. The lowest BCUT2D eigenvalue weighted by molar-refractivity contribution is -0.131. The number of carbonyl (C=O) groups is 1. The van der Waals surface area contributed by atoms with E-state index < -0.39 is 5.41 Å². The summed E-state index contributed by atoms with van der Waals surface area (Å²) < 4.78 is 0. The van der Waals surface area contributed by atoms with Crippen molar-refractivity contribution in [3.05, 3.63) is 35.4 Å². The molecule has 0 aliphatic heterocycles. The van der Waals surface area contributed by atoms with Gasteiger partial charge in [-0.15, -0.1) is 0 Å².